The van der Waals surface area contributed by atoms with Gasteiger partial charge in [0.15, 0.2) is 11.5 Å². The molecule has 146 valence electrons. The lowest BCUT2D eigenvalue weighted by Gasteiger charge is -2.09. The van der Waals surface area contributed by atoms with Crippen LogP contribution in [0.3, 0.4) is 0 Å². The van der Waals surface area contributed by atoms with Crippen LogP contribution in [0.5, 0.6) is 11.5 Å². The monoisotopic (exact) mass is 447 g/mol. The number of ether oxygens (including phenoxy) is 2. The molecule has 0 aliphatic carbocycles. The van der Waals surface area contributed by atoms with Gasteiger partial charge in [0, 0.05) is 21.7 Å². The third-order valence-electron chi connectivity index (χ3n) is 3.56. The molecule has 0 heterocycles. The molecular weight excluding hydrogens is 430 g/mol. The molecule has 0 saturated heterocycles. The molecule has 0 aliphatic heterocycles. The van der Waals surface area contributed by atoms with E-state index in [2.05, 4.69) is 26.5 Å². The number of halogens is 1. The zero-order chi connectivity index (χ0) is 20.5. The summed E-state index contributed by atoms with van der Waals surface area (Å²) < 4.78 is 11.2. The fourth-order valence-electron chi connectivity index (χ4n) is 2.19. The Hall–Kier alpha value is -3.17. The third kappa shape index (κ3) is 5.66. The lowest BCUT2D eigenvalue weighted by Crippen LogP contribution is -2.17. The molecule has 0 saturated carbocycles. The molecule has 2 rings (SSSR count). The highest BCUT2D eigenvalue weighted by molar-refractivity contribution is 9.10. The van der Waals surface area contributed by atoms with Crippen LogP contribution in [0.15, 0.2) is 52.0 Å². The zero-order valence-electron chi connectivity index (χ0n) is 15.1. The van der Waals surface area contributed by atoms with Gasteiger partial charge in [-0.3, -0.25) is 14.8 Å². The maximum absolute atomic E-state index is 12.3. The van der Waals surface area contributed by atoms with Gasteiger partial charge < -0.3 is 9.47 Å². The minimum Gasteiger partial charge on any atom is -0.493 e. The molecule has 0 spiro atoms. The van der Waals surface area contributed by atoms with Crippen LogP contribution in [0.1, 0.15) is 21.5 Å². The van der Waals surface area contributed by atoms with Crippen LogP contribution in [0.4, 0.5) is 0 Å². The Kier molecular flexibility index (Phi) is 7.73. The number of carbonyl (C=O) groups is 2. The highest BCUT2D eigenvalue weighted by Crippen LogP contribution is 2.32. The summed E-state index contributed by atoms with van der Waals surface area (Å²) in [7, 11) is 3.07. The summed E-state index contributed by atoms with van der Waals surface area (Å²) in [5.74, 6) is 0.00912. The molecule has 0 fully saturated rings. The van der Waals surface area contributed by atoms with Crippen molar-refractivity contribution in [3.63, 3.8) is 0 Å². The van der Waals surface area contributed by atoms with E-state index in [1.807, 2.05) is 0 Å². The molecule has 0 radical (unpaired) electrons. The smallest absolute Gasteiger partial charge is 0.271 e. The number of nitrogens with one attached hydrogen (secondary N) is 2. The Morgan fingerprint density at radius 2 is 1.86 bits per heavy atom. The van der Waals surface area contributed by atoms with E-state index < -0.39 is 11.8 Å². The predicted octanol–water partition coefficient (Wildman–Crippen LogP) is 2.75. The molecule has 0 unspecified atom stereocenters. The van der Waals surface area contributed by atoms with E-state index in [1.165, 1.54) is 32.0 Å². The molecular formula is C19H18BrN3O5. The Balaban J connectivity index is 2.10. The van der Waals surface area contributed by atoms with Gasteiger partial charge in [0.25, 0.3) is 11.8 Å². The predicted molar refractivity (Wildman–Crippen MR) is 108 cm³/mol. The first-order chi connectivity index (χ1) is 13.5. The Morgan fingerprint density at radius 3 is 2.54 bits per heavy atom. The second-order valence-corrected chi connectivity index (χ2v) is 6.22. The Bertz CT molecular complexity index is 928. The van der Waals surface area contributed by atoms with Crippen LogP contribution >= 0.6 is 15.9 Å². The van der Waals surface area contributed by atoms with Crippen molar-refractivity contribution >= 4 is 40.0 Å². The molecule has 2 aromatic rings. The van der Waals surface area contributed by atoms with Gasteiger partial charge in [-0.15, -0.1) is 0 Å². The number of hydrogen-bond donors (Lipinski definition) is 3. The van der Waals surface area contributed by atoms with E-state index in [0.717, 1.165) is 10.5 Å². The summed E-state index contributed by atoms with van der Waals surface area (Å²) in [5.41, 5.74) is 5.58. The van der Waals surface area contributed by atoms with E-state index in [0.29, 0.717) is 28.2 Å². The minimum atomic E-state index is -0.667. The van der Waals surface area contributed by atoms with Crippen molar-refractivity contribution in [1.82, 2.24) is 10.9 Å². The topological polar surface area (TPSA) is 109 Å². The van der Waals surface area contributed by atoms with E-state index in [4.69, 9.17) is 14.7 Å². The number of nitrogens with zero attached hydrogens (tertiary/aromatic N) is 1. The molecule has 2 amide bonds. The molecule has 2 aromatic carbocycles. The van der Waals surface area contributed by atoms with Gasteiger partial charge >= 0.3 is 0 Å². The fourth-order valence-corrected chi connectivity index (χ4v) is 2.61. The largest absolute Gasteiger partial charge is 0.493 e. The van der Waals surface area contributed by atoms with Gasteiger partial charge in [-0.1, -0.05) is 12.1 Å². The van der Waals surface area contributed by atoms with Crippen molar-refractivity contribution in [2.24, 2.45) is 5.10 Å². The summed E-state index contributed by atoms with van der Waals surface area (Å²) in [4.78, 5) is 23.3. The van der Waals surface area contributed by atoms with Gasteiger partial charge in [-0.25, -0.2) is 10.9 Å². The van der Waals surface area contributed by atoms with Crippen molar-refractivity contribution in [3.05, 3.63) is 63.6 Å². The quantitative estimate of drug-likeness (QED) is 0.261. The average molecular weight is 448 g/mol. The number of hydrogen-bond acceptors (Lipinski definition) is 6. The Morgan fingerprint density at radius 1 is 1.14 bits per heavy atom. The molecule has 0 aromatic heterocycles. The zero-order valence-corrected chi connectivity index (χ0v) is 16.7. The maximum atomic E-state index is 12.3. The van der Waals surface area contributed by atoms with Gasteiger partial charge in [-0.2, -0.15) is 5.10 Å². The molecule has 0 bridgehead atoms. The number of rotatable bonds is 7. The van der Waals surface area contributed by atoms with E-state index in [9.17, 15) is 9.59 Å². The van der Waals surface area contributed by atoms with Crippen LogP contribution in [0.2, 0.25) is 0 Å². The van der Waals surface area contributed by atoms with E-state index >= 15 is 0 Å². The summed E-state index contributed by atoms with van der Waals surface area (Å²) in [5, 5.41) is 12.4. The van der Waals surface area contributed by atoms with Crippen LogP contribution in [0.25, 0.3) is 6.08 Å². The highest BCUT2D eigenvalue weighted by Gasteiger charge is 2.09. The van der Waals surface area contributed by atoms with Gasteiger partial charge in [0.1, 0.15) is 0 Å². The van der Waals surface area contributed by atoms with Crippen molar-refractivity contribution in [2.45, 2.75) is 0 Å². The summed E-state index contributed by atoms with van der Waals surface area (Å²) >= 11 is 3.41. The van der Waals surface area contributed by atoms with Gasteiger partial charge in [-0.05, 0) is 51.8 Å². The molecule has 0 aliphatic rings. The lowest BCUT2D eigenvalue weighted by molar-refractivity contribution is -0.124. The number of methoxy groups -OCH3 is 2. The summed E-state index contributed by atoms with van der Waals surface area (Å²) in [6.45, 7) is 0. The van der Waals surface area contributed by atoms with Crippen LogP contribution < -0.4 is 20.4 Å². The van der Waals surface area contributed by atoms with Crippen LogP contribution in [-0.4, -0.2) is 37.5 Å². The van der Waals surface area contributed by atoms with Crippen LogP contribution in [-0.2, 0) is 4.79 Å². The number of hydrazone groups is 1. The second-order valence-electron chi connectivity index (χ2n) is 5.36. The third-order valence-corrected chi connectivity index (χ3v) is 4.25. The first-order valence-corrected chi connectivity index (χ1v) is 8.75. The van der Waals surface area contributed by atoms with Crippen molar-refractivity contribution in [3.8, 4) is 11.5 Å². The van der Waals surface area contributed by atoms with Gasteiger partial charge in [0.05, 0.1) is 20.4 Å². The standard InChI is InChI=1S/C19H18BrN3O5/c1-27-16-9-14(15(20)10-17(16)28-2)11-21-22-19(25)13-5-3-4-12(8-13)6-7-18(24)23-26/h3-11,26H,1-2H3,(H,22,25)(H,23,24)/b7-6+,21-11+. The molecule has 9 heteroatoms. The Labute approximate surface area is 169 Å². The van der Waals surface area contributed by atoms with Gasteiger partial charge in [0.2, 0.25) is 0 Å². The van der Waals surface area contributed by atoms with Crippen molar-refractivity contribution in [1.29, 1.82) is 0 Å². The molecule has 0 atom stereocenters. The fraction of sp³-hybridized carbons (Fsp3) is 0.105. The van der Waals surface area contributed by atoms with Crippen molar-refractivity contribution in [2.75, 3.05) is 14.2 Å². The molecule has 28 heavy (non-hydrogen) atoms. The maximum Gasteiger partial charge on any atom is 0.271 e. The van der Waals surface area contributed by atoms with Crippen LogP contribution in [0, 0.1) is 0 Å². The number of benzene rings is 2. The van der Waals surface area contributed by atoms with E-state index in [-0.39, 0.29) is 0 Å². The minimum absolute atomic E-state index is 0.357. The number of hydroxylamine groups is 1. The normalized spacial score (nSPS) is 10.9. The summed E-state index contributed by atoms with van der Waals surface area (Å²) in [6.07, 6.45) is 4.08. The highest BCUT2D eigenvalue weighted by atomic mass is 79.9. The SMILES string of the molecule is COc1cc(Br)c(/C=N/NC(=O)c2cccc(/C=C/C(=O)NO)c2)cc1OC. The number of amides is 2. The first-order valence-electron chi connectivity index (χ1n) is 7.95. The molecule has 8 nitrogen and oxygen atoms in total. The average Bonchev–Trinajstić information content (AvgIpc) is 2.72. The van der Waals surface area contributed by atoms with Crippen molar-refractivity contribution < 1.29 is 24.3 Å². The first kappa shape index (κ1) is 21.1. The second kappa shape index (κ2) is 10.2. The van der Waals surface area contributed by atoms with E-state index in [1.54, 1.807) is 36.4 Å². The number of carbonyl (C=O) groups excluding carboxylic acids is 2. The molecule has 3 N–H and O–H groups in total. The lowest BCUT2D eigenvalue weighted by atomic mass is 10.1. The summed E-state index contributed by atoms with van der Waals surface area (Å²) in [6, 6.07) is 10.0.